The van der Waals surface area contributed by atoms with Crippen LogP contribution in [0.4, 0.5) is 6.01 Å². The van der Waals surface area contributed by atoms with Crippen molar-refractivity contribution in [1.82, 2.24) is 15.5 Å². The minimum atomic E-state index is 0.533. The van der Waals surface area contributed by atoms with Gasteiger partial charge in [0.1, 0.15) is 0 Å². The van der Waals surface area contributed by atoms with Gasteiger partial charge in [-0.1, -0.05) is 12.0 Å². The molecule has 1 heterocycles. The summed E-state index contributed by atoms with van der Waals surface area (Å²) in [4.78, 5) is 1.87. The van der Waals surface area contributed by atoms with Crippen molar-refractivity contribution in [2.24, 2.45) is 0 Å². The number of likely N-dealkylation sites (N-methyl/N-ethyl adjacent to an activating group) is 1. The zero-order valence-electron chi connectivity index (χ0n) is 10.2. The van der Waals surface area contributed by atoms with Gasteiger partial charge in [-0.05, 0) is 13.0 Å². The predicted molar refractivity (Wildman–Crippen MR) is 61.4 cm³/mol. The Hall–Kier alpha value is -1.14. The Kier molecular flexibility index (Phi) is 5.81. The van der Waals surface area contributed by atoms with Crippen molar-refractivity contribution in [3.05, 3.63) is 5.89 Å². The van der Waals surface area contributed by atoms with Gasteiger partial charge < -0.3 is 19.4 Å². The summed E-state index contributed by atoms with van der Waals surface area (Å²) in [6, 6.07) is 0.533. The topological polar surface area (TPSA) is 63.4 Å². The van der Waals surface area contributed by atoms with Crippen molar-refractivity contribution >= 4 is 6.01 Å². The van der Waals surface area contributed by atoms with Gasteiger partial charge in [-0.3, -0.25) is 0 Å². The summed E-state index contributed by atoms with van der Waals surface area (Å²) in [6.07, 6.45) is 1.09. The van der Waals surface area contributed by atoms with Gasteiger partial charge in [-0.25, -0.2) is 0 Å². The Morgan fingerprint density at radius 2 is 2.25 bits per heavy atom. The summed E-state index contributed by atoms with van der Waals surface area (Å²) in [7, 11) is 3.57. The van der Waals surface area contributed by atoms with Crippen LogP contribution in [0, 0.1) is 0 Å². The molecule has 0 unspecified atom stereocenters. The van der Waals surface area contributed by atoms with Gasteiger partial charge in [0.25, 0.3) is 0 Å². The molecule has 0 bridgehead atoms. The lowest BCUT2D eigenvalue weighted by atomic mass is 10.5. The van der Waals surface area contributed by atoms with Crippen LogP contribution in [0.1, 0.15) is 19.2 Å². The summed E-state index contributed by atoms with van der Waals surface area (Å²) < 4.78 is 10.5. The van der Waals surface area contributed by atoms with Crippen LogP contribution in [0.5, 0.6) is 0 Å². The lowest BCUT2D eigenvalue weighted by Crippen LogP contribution is -2.22. The molecule has 1 rings (SSSR count). The number of anilines is 1. The fourth-order valence-electron chi connectivity index (χ4n) is 1.17. The molecule has 0 aliphatic rings. The minimum absolute atomic E-state index is 0.533. The lowest BCUT2D eigenvalue weighted by molar-refractivity contribution is 0.205. The number of nitrogens with one attached hydrogen (secondary N) is 1. The van der Waals surface area contributed by atoms with E-state index in [0.29, 0.717) is 25.1 Å². The highest BCUT2D eigenvalue weighted by Crippen LogP contribution is 2.09. The van der Waals surface area contributed by atoms with E-state index < -0.39 is 0 Å². The maximum Gasteiger partial charge on any atom is 0.318 e. The van der Waals surface area contributed by atoms with Crippen molar-refractivity contribution in [1.29, 1.82) is 0 Å². The normalized spacial score (nSPS) is 10.7. The Labute approximate surface area is 96.0 Å². The molecule has 0 aliphatic heterocycles. The number of nitrogens with zero attached hydrogens (tertiary/aromatic N) is 3. The SMILES string of the molecule is CCCNCc1nnc(N(C)CCOC)o1. The average Bonchev–Trinajstić information content (AvgIpc) is 2.75. The molecule has 0 saturated carbocycles. The minimum Gasteiger partial charge on any atom is -0.407 e. The molecule has 0 fully saturated rings. The van der Waals surface area contributed by atoms with Gasteiger partial charge in [-0.2, -0.15) is 0 Å². The van der Waals surface area contributed by atoms with Crippen LogP contribution >= 0.6 is 0 Å². The van der Waals surface area contributed by atoms with E-state index in [4.69, 9.17) is 9.15 Å². The molecule has 92 valence electrons. The number of aromatic nitrogens is 2. The summed E-state index contributed by atoms with van der Waals surface area (Å²) in [5.41, 5.74) is 0. The molecule has 1 aromatic rings. The van der Waals surface area contributed by atoms with E-state index in [-0.39, 0.29) is 0 Å². The van der Waals surface area contributed by atoms with Crippen LogP contribution in [0.25, 0.3) is 0 Å². The Morgan fingerprint density at radius 3 is 2.94 bits per heavy atom. The van der Waals surface area contributed by atoms with E-state index in [9.17, 15) is 0 Å². The second kappa shape index (κ2) is 7.19. The Balaban J connectivity index is 2.37. The molecule has 1 N–H and O–H groups in total. The molecule has 0 spiro atoms. The number of ether oxygens (including phenoxy) is 1. The number of hydrogen-bond acceptors (Lipinski definition) is 6. The van der Waals surface area contributed by atoms with E-state index in [1.807, 2.05) is 11.9 Å². The van der Waals surface area contributed by atoms with Crippen molar-refractivity contribution in [3.8, 4) is 0 Å². The van der Waals surface area contributed by atoms with Crippen LogP contribution in [0.15, 0.2) is 4.42 Å². The first-order chi connectivity index (χ1) is 7.77. The molecule has 0 aliphatic carbocycles. The highest BCUT2D eigenvalue weighted by Gasteiger charge is 2.09. The zero-order valence-corrected chi connectivity index (χ0v) is 10.2. The van der Waals surface area contributed by atoms with E-state index in [1.54, 1.807) is 7.11 Å². The molecular formula is C10H20N4O2. The first-order valence-electron chi connectivity index (χ1n) is 5.51. The molecule has 0 atom stereocenters. The fraction of sp³-hybridized carbons (Fsp3) is 0.800. The Bertz CT molecular complexity index is 290. The van der Waals surface area contributed by atoms with E-state index >= 15 is 0 Å². The Morgan fingerprint density at radius 1 is 1.44 bits per heavy atom. The van der Waals surface area contributed by atoms with Crippen molar-refractivity contribution < 1.29 is 9.15 Å². The zero-order chi connectivity index (χ0) is 11.8. The van der Waals surface area contributed by atoms with Crippen molar-refractivity contribution in [2.45, 2.75) is 19.9 Å². The number of hydrogen-bond donors (Lipinski definition) is 1. The standard InChI is InChI=1S/C10H20N4O2/c1-4-5-11-8-9-12-13-10(16-9)14(2)6-7-15-3/h11H,4-8H2,1-3H3. The quantitative estimate of drug-likeness (QED) is 0.659. The summed E-state index contributed by atoms with van der Waals surface area (Å²) in [5.74, 6) is 0.618. The summed E-state index contributed by atoms with van der Waals surface area (Å²) in [6.45, 7) is 5.07. The average molecular weight is 228 g/mol. The summed E-state index contributed by atoms with van der Waals surface area (Å²) >= 11 is 0. The van der Waals surface area contributed by atoms with Crippen molar-refractivity contribution in [2.75, 3.05) is 38.8 Å². The molecule has 0 saturated heterocycles. The molecule has 6 nitrogen and oxygen atoms in total. The maximum absolute atomic E-state index is 5.47. The molecule has 1 aromatic heterocycles. The van der Waals surface area contributed by atoms with Crippen molar-refractivity contribution in [3.63, 3.8) is 0 Å². The number of methoxy groups -OCH3 is 1. The van der Waals surface area contributed by atoms with E-state index in [2.05, 4.69) is 22.4 Å². The highest BCUT2D eigenvalue weighted by molar-refractivity contribution is 5.21. The first kappa shape index (κ1) is 12.9. The van der Waals surface area contributed by atoms with Gasteiger partial charge in [-0.15, -0.1) is 5.10 Å². The molecule has 16 heavy (non-hydrogen) atoms. The van der Waals surface area contributed by atoms with Crippen LogP contribution in [0.2, 0.25) is 0 Å². The second-order valence-corrected chi connectivity index (χ2v) is 3.57. The van der Waals surface area contributed by atoms with Gasteiger partial charge >= 0.3 is 6.01 Å². The van der Waals surface area contributed by atoms with Gasteiger partial charge in [0.2, 0.25) is 5.89 Å². The maximum atomic E-state index is 5.47. The molecular weight excluding hydrogens is 208 g/mol. The highest BCUT2D eigenvalue weighted by atomic mass is 16.5. The third-order valence-electron chi connectivity index (χ3n) is 2.12. The smallest absolute Gasteiger partial charge is 0.318 e. The molecule has 0 amide bonds. The monoisotopic (exact) mass is 228 g/mol. The van der Waals surface area contributed by atoms with Crippen LogP contribution < -0.4 is 10.2 Å². The third kappa shape index (κ3) is 4.16. The predicted octanol–water partition coefficient (Wildman–Crippen LogP) is 0.652. The second-order valence-electron chi connectivity index (χ2n) is 3.57. The van der Waals surface area contributed by atoms with Gasteiger partial charge in [0, 0.05) is 20.7 Å². The lowest BCUT2D eigenvalue weighted by Gasteiger charge is -2.12. The summed E-state index contributed by atoms with van der Waals surface area (Å²) in [5, 5.41) is 11.1. The van der Waals surface area contributed by atoms with Crippen LogP contribution in [-0.2, 0) is 11.3 Å². The molecule has 0 radical (unpaired) electrons. The van der Waals surface area contributed by atoms with E-state index in [1.165, 1.54) is 0 Å². The fourth-order valence-corrected chi connectivity index (χ4v) is 1.17. The van der Waals surface area contributed by atoms with Crippen LogP contribution in [-0.4, -0.2) is 44.1 Å². The molecule has 6 heteroatoms. The molecule has 0 aromatic carbocycles. The van der Waals surface area contributed by atoms with E-state index in [0.717, 1.165) is 19.5 Å². The largest absolute Gasteiger partial charge is 0.407 e. The van der Waals surface area contributed by atoms with Crippen LogP contribution in [0.3, 0.4) is 0 Å². The third-order valence-corrected chi connectivity index (χ3v) is 2.12. The van der Waals surface area contributed by atoms with Gasteiger partial charge in [0.05, 0.1) is 13.2 Å². The number of rotatable bonds is 8. The first-order valence-corrected chi connectivity index (χ1v) is 5.51. The van der Waals surface area contributed by atoms with Gasteiger partial charge in [0.15, 0.2) is 0 Å².